The summed E-state index contributed by atoms with van der Waals surface area (Å²) in [6.45, 7) is 2.16. The SMILES string of the molecule is CN(C(=O)CCNc1ccccc1[N+](=O)[O-])C1CCNC1. The summed E-state index contributed by atoms with van der Waals surface area (Å²) in [6.07, 6.45) is 1.29. The van der Waals surface area contributed by atoms with Crippen molar-refractivity contribution in [2.75, 3.05) is 32.0 Å². The van der Waals surface area contributed by atoms with Crippen LogP contribution in [0.4, 0.5) is 11.4 Å². The molecule has 0 aliphatic carbocycles. The normalized spacial score (nSPS) is 17.5. The van der Waals surface area contributed by atoms with E-state index < -0.39 is 4.92 Å². The summed E-state index contributed by atoms with van der Waals surface area (Å²) < 4.78 is 0. The first-order valence-corrected chi connectivity index (χ1v) is 7.03. The molecule has 1 aromatic carbocycles. The molecular weight excluding hydrogens is 272 g/mol. The van der Waals surface area contributed by atoms with Crippen molar-refractivity contribution in [3.8, 4) is 0 Å². The quantitative estimate of drug-likeness (QED) is 0.608. The van der Waals surface area contributed by atoms with Crippen molar-refractivity contribution in [1.29, 1.82) is 0 Å². The van der Waals surface area contributed by atoms with Gasteiger partial charge in [0.25, 0.3) is 5.69 Å². The van der Waals surface area contributed by atoms with Crippen LogP contribution in [0.2, 0.25) is 0 Å². The van der Waals surface area contributed by atoms with E-state index in [0.717, 1.165) is 19.5 Å². The van der Waals surface area contributed by atoms with Gasteiger partial charge in [-0.15, -0.1) is 0 Å². The van der Waals surface area contributed by atoms with E-state index >= 15 is 0 Å². The number of benzene rings is 1. The summed E-state index contributed by atoms with van der Waals surface area (Å²) in [7, 11) is 1.81. The number of carbonyl (C=O) groups excluding carboxylic acids is 1. The molecule has 1 unspecified atom stereocenters. The molecule has 1 amide bonds. The van der Waals surface area contributed by atoms with Gasteiger partial charge in [-0.3, -0.25) is 14.9 Å². The van der Waals surface area contributed by atoms with Gasteiger partial charge in [0.05, 0.1) is 4.92 Å². The number of amides is 1. The monoisotopic (exact) mass is 292 g/mol. The first kappa shape index (κ1) is 15.2. The number of likely N-dealkylation sites (N-methyl/N-ethyl adjacent to an activating group) is 1. The maximum Gasteiger partial charge on any atom is 0.292 e. The van der Waals surface area contributed by atoms with Gasteiger partial charge in [0.15, 0.2) is 0 Å². The predicted octanol–water partition coefficient (Wildman–Crippen LogP) is 1.22. The lowest BCUT2D eigenvalue weighted by molar-refractivity contribution is -0.384. The molecule has 2 rings (SSSR count). The van der Waals surface area contributed by atoms with Crippen LogP contribution in [-0.2, 0) is 4.79 Å². The minimum atomic E-state index is -0.430. The molecule has 0 aromatic heterocycles. The van der Waals surface area contributed by atoms with Gasteiger partial charge in [-0.25, -0.2) is 0 Å². The molecule has 1 aliphatic heterocycles. The zero-order valence-corrected chi connectivity index (χ0v) is 12.0. The molecule has 7 heteroatoms. The third-order valence-electron chi connectivity index (χ3n) is 3.73. The molecule has 1 aromatic rings. The minimum absolute atomic E-state index is 0.0262. The first-order chi connectivity index (χ1) is 10.1. The number of nitro groups is 1. The fraction of sp³-hybridized carbons (Fsp3) is 0.500. The van der Waals surface area contributed by atoms with Crippen molar-refractivity contribution >= 4 is 17.3 Å². The maximum absolute atomic E-state index is 12.1. The Balaban J connectivity index is 1.84. The van der Waals surface area contributed by atoms with Crippen LogP contribution < -0.4 is 10.6 Å². The molecule has 1 heterocycles. The van der Waals surface area contributed by atoms with Gasteiger partial charge in [-0.05, 0) is 19.0 Å². The lowest BCUT2D eigenvalue weighted by Crippen LogP contribution is -2.39. The smallest absolute Gasteiger partial charge is 0.292 e. The average Bonchev–Trinajstić information content (AvgIpc) is 3.00. The standard InChI is InChI=1S/C14H20N4O3/c1-17(11-6-8-15-10-11)14(19)7-9-16-12-4-2-3-5-13(12)18(20)21/h2-5,11,15-16H,6-10H2,1H3. The molecular formula is C14H20N4O3. The average molecular weight is 292 g/mol. The number of carbonyl (C=O) groups is 1. The van der Waals surface area contributed by atoms with Crippen molar-refractivity contribution in [2.24, 2.45) is 0 Å². The summed E-state index contributed by atoms with van der Waals surface area (Å²) in [5.41, 5.74) is 0.471. The molecule has 0 bridgehead atoms. The van der Waals surface area contributed by atoms with Crippen molar-refractivity contribution in [3.05, 3.63) is 34.4 Å². The Labute approximate surface area is 123 Å². The molecule has 21 heavy (non-hydrogen) atoms. The fourth-order valence-electron chi connectivity index (χ4n) is 2.44. The lowest BCUT2D eigenvalue weighted by atomic mass is 10.2. The van der Waals surface area contributed by atoms with E-state index in [9.17, 15) is 14.9 Å². The van der Waals surface area contributed by atoms with Gasteiger partial charge >= 0.3 is 0 Å². The van der Waals surface area contributed by atoms with Crippen molar-refractivity contribution in [1.82, 2.24) is 10.2 Å². The number of hydrogen-bond acceptors (Lipinski definition) is 5. The Kier molecular flexibility index (Phi) is 5.10. The van der Waals surface area contributed by atoms with Gasteiger partial charge in [0.1, 0.15) is 5.69 Å². The Hall–Kier alpha value is -2.15. The highest BCUT2D eigenvalue weighted by Crippen LogP contribution is 2.22. The predicted molar refractivity (Wildman–Crippen MR) is 80.2 cm³/mol. The van der Waals surface area contributed by atoms with E-state index in [1.54, 1.807) is 23.1 Å². The van der Waals surface area contributed by atoms with Crippen LogP contribution in [-0.4, -0.2) is 48.5 Å². The summed E-state index contributed by atoms with van der Waals surface area (Å²) in [5.74, 6) is 0.0507. The van der Waals surface area contributed by atoms with Crippen LogP contribution in [0.5, 0.6) is 0 Å². The van der Waals surface area contributed by atoms with E-state index in [-0.39, 0.29) is 17.6 Å². The van der Waals surface area contributed by atoms with Gasteiger partial charge in [-0.1, -0.05) is 12.1 Å². The van der Waals surface area contributed by atoms with Crippen molar-refractivity contribution in [2.45, 2.75) is 18.9 Å². The van der Waals surface area contributed by atoms with Crippen molar-refractivity contribution < 1.29 is 9.72 Å². The number of para-hydroxylation sites is 2. The van der Waals surface area contributed by atoms with Gasteiger partial charge in [0.2, 0.25) is 5.91 Å². The molecule has 1 saturated heterocycles. The second-order valence-corrected chi connectivity index (χ2v) is 5.10. The summed E-state index contributed by atoms with van der Waals surface area (Å²) >= 11 is 0. The second kappa shape index (κ2) is 7.03. The summed E-state index contributed by atoms with van der Waals surface area (Å²) in [5, 5.41) is 17.1. The molecule has 0 radical (unpaired) electrons. The van der Waals surface area contributed by atoms with Crippen LogP contribution >= 0.6 is 0 Å². The highest BCUT2D eigenvalue weighted by atomic mass is 16.6. The van der Waals surface area contributed by atoms with Gasteiger partial charge in [0, 0.05) is 38.7 Å². The Bertz CT molecular complexity index is 515. The fourth-order valence-corrected chi connectivity index (χ4v) is 2.44. The number of anilines is 1. The van der Waals surface area contributed by atoms with Gasteiger partial charge < -0.3 is 15.5 Å². The molecule has 1 aliphatic rings. The number of hydrogen-bond donors (Lipinski definition) is 2. The van der Waals surface area contributed by atoms with Crippen LogP contribution in [0.25, 0.3) is 0 Å². The summed E-state index contributed by atoms with van der Waals surface area (Å²) in [4.78, 5) is 24.3. The summed E-state index contributed by atoms with van der Waals surface area (Å²) in [6, 6.07) is 6.69. The Morgan fingerprint density at radius 1 is 1.52 bits per heavy atom. The lowest BCUT2D eigenvalue weighted by Gasteiger charge is -2.23. The second-order valence-electron chi connectivity index (χ2n) is 5.10. The third-order valence-corrected chi connectivity index (χ3v) is 3.73. The van der Waals surface area contributed by atoms with Crippen LogP contribution in [0.15, 0.2) is 24.3 Å². The molecule has 7 nitrogen and oxygen atoms in total. The molecule has 114 valence electrons. The van der Waals surface area contributed by atoms with E-state index in [2.05, 4.69) is 10.6 Å². The van der Waals surface area contributed by atoms with Gasteiger partial charge in [-0.2, -0.15) is 0 Å². The van der Waals surface area contributed by atoms with E-state index in [4.69, 9.17) is 0 Å². The highest BCUT2D eigenvalue weighted by Gasteiger charge is 2.22. The maximum atomic E-state index is 12.1. The molecule has 0 saturated carbocycles. The topological polar surface area (TPSA) is 87.5 Å². The number of rotatable bonds is 6. The molecule has 0 spiro atoms. The zero-order chi connectivity index (χ0) is 15.2. The third kappa shape index (κ3) is 3.91. The minimum Gasteiger partial charge on any atom is -0.379 e. The van der Waals surface area contributed by atoms with Crippen LogP contribution in [0, 0.1) is 10.1 Å². The van der Waals surface area contributed by atoms with Crippen LogP contribution in [0.3, 0.4) is 0 Å². The highest BCUT2D eigenvalue weighted by molar-refractivity contribution is 5.77. The first-order valence-electron chi connectivity index (χ1n) is 7.03. The zero-order valence-electron chi connectivity index (χ0n) is 12.0. The Morgan fingerprint density at radius 3 is 2.95 bits per heavy atom. The molecule has 2 N–H and O–H groups in total. The van der Waals surface area contributed by atoms with E-state index in [1.807, 2.05) is 7.05 Å². The Morgan fingerprint density at radius 2 is 2.29 bits per heavy atom. The van der Waals surface area contributed by atoms with E-state index in [0.29, 0.717) is 18.7 Å². The van der Waals surface area contributed by atoms with Crippen LogP contribution in [0.1, 0.15) is 12.8 Å². The van der Waals surface area contributed by atoms with E-state index in [1.165, 1.54) is 6.07 Å². The number of nitro benzene ring substituents is 1. The largest absolute Gasteiger partial charge is 0.379 e. The number of nitrogens with one attached hydrogen (secondary N) is 2. The molecule has 1 fully saturated rings. The number of nitrogens with zero attached hydrogens (tertiary/aromatic N) is 2. The van der Waals surface area contributed by atoms with Crippen molar-refractivity contribution in [3.63, 3.8) is 0 Å². The molecule has 1 atom stereocenters.